The summed E-state index contributed by atoms with van der Waals surface area (Å²) >= 11 is 0. The van der Waals surface area contributed by atoms with E-state index < -0.39 is 0 Å². The van der Waals surface area contributed by atoms with Gasteiger partial charge in [-0.05, 0) is 54.8 Å². The molecule has 0 aliphatic carbocycles. The first-order valence-corrected chi connectivity index (χ1v) is 8.72. The van der Waals surface area contributed by atoms with Gasteiger partial charge in [-0.1, -0.05) is 48.5 Å². The minimum Gasteiger partial charge on any atom is -0.453 e. The van der Waals surface area contributed by atoms with E-state index in [4.69, 9.17) is 15.2 Å². The highest BCUT2D eigenvalue weighted by atomic mass is 16.5. The summed E-state index contributed by atoms with van der Waals surface area (Å²) in [5.74, 6) is 2.81. The third kappa shape index (κ3) is 4.74. The van der Waals surface area contributed by atoms with Gasteiger partial charge < -0.3 is 15.2 Å². The number of hydrogen-bond acceptors (Lipinski definition) is 3. The summed E-state index contributed by atoms with van der Waals surface area (Å²) in [6.45, 7) is 3.76. The first-order valence-electron chi connectivity index (χ1n) is 8.72. The summed E-state index contributed by atoms with van der Waals surface area (Å²) in [4.78, 5) is 0. The van der Waals surface area contributed by atoms with Gasteiger partial charge in [-0.2, -0.15) is 0 Å². The lowest BCUT2D eigenvalue weighted by molar-refractivity contribution is 0.417. The van der Waals surface area contributed by atoms with E-state index in [1.54, 1.807) is 0 Å². The largest absolute Gasteiger partial charge is 0.453 e. The molecule has 0 aliphatic rings. The summed E-state index contributed by atoms with van der Waals surface area (Å²) in [6.07, 6.45) is 3.60. The smallest absolute Gasteiger partial charge is 0.170 e. The average molecular weight is 345 g/mol. The molecule has 1 atom stereocenters. The van der Waals surface area contributed by atoms with Crippen molar-refractivity contribution in [3.63, 3.8) is 0 Å². The SMILES string of the molecule is C=CCC[C@@H](N)c1ccc(Oc2ccccc2)c(Oc2ccccc2)c1. The molecule has 0 unspecified atom stereocenters. The maximum Gasteiger partial charge on any atom is 0.170 e. The molecule has 0 saturated heterocycles. The first kappa shape index (κ1) is 17.8. The molecule has 0 fully saturated rings. The topological polar surface area (TPSA) is 44.5 Å². The predicted molar refractivity (Wildman–Crippen MR) is 106 cm³/mol. The van der Waals surface area contributed by atoms with E-state index in [0.717, 1.165) is 29.9 Å². The second-order valence-corrected chi connectivity index (χ2v) is 6.01. The molecule has 0 spiro atoms. The van der Waals surface area contributed by atoms with Crippen LogP contribution >= 0.6 is 0 Å². The van der Waals surface area contributed by atoms with Crippen LogP contribution in [0.3, 0.4) is 0 Å². The van der Waals surface area contributed by atoms with Crippen LogP contribution in [0.1, 0.15) is 24.4 Å². The summed E-state index contributed by atoms with van der Waals surface area (Å²) in [5, 5.41) is 0. The fourth-order valence-corrected chi connectivity index (χ4v) is 2.61. The van der Waals surface area contributed by atoms with E-state index in [-0.39, 0.29) is 6.04 Å². The second kappa shape index (κ2) is 8.88. The lowest BCUT2D eigenvalue weighted by Gasteiger charge is -2.16. The molecule has 3 aromatic rings. The van der Waals surface area contributed by atoms with Crippen molar-refractivity contribution in [3.8, 4) is 23.0 Å². The van der Waals surface area contributed by atoms with Gasteiger partial charge in [-0.15, -0.1) is 6.58 Å². The van der Waals surface area contributed by atoms with E-state index >= 15 is 0 Å². The van der Waals surface area contributed by atoms with Gasteiger partial charge in [-0.3, -0.25) is 0 Å². The van der Waals surface area contributed by atoms with E-state index in [9.17, 15) is 0 Å². The van der Waals surface area contributed by atoms with Crippen LogP contribution in [0.25, 0.3) is 0 Å². The van der Waals surface area contributed by atoms with Gasteiger partial charge in [-0.25, -0.2) is 0 Å². The molecule has 0 heterocycles. The zero-order valence-corrected chi connectivity index (χ0v) is 14.7. The maximum absolute atomic E-state index is 6.30. The number of benzene rings is 3. The normalized spacial score (nSPS) is 11.6. The third-order valence-electron chi connectivity index (χ3n) is 4.02. The van der Waals surface area contributed by atoms with Crippen LogP contribution in [-0.2, 0) is 0 Å². The Morgan fingerprint density at radius 2 is 1.38 bits per heavy atom. The van der Waals surface area contributed by atoms with Crippen molar-refractivity contribution in [1.29, 1.82) is 0 Å². The summed E-state index contributed by atoms with van der Waals surface area (Å²) in [6, 6.07) is 25.1. The zero-order chi connectivity index (χ0) is 18.2. The Kier molecular flexibility index (Phi) is 6.07. The van der Waals surface area contributed by atoms with E-state index in [0.29, 0.717) is 11.5 Å². The van der Waals surface area contributed by atoms with Crippen LogP contribution in [0.4, 0.5) is 0 Å². The second-order valence-electron chi connectivity index (χ2n) is 6.01. The summed E-state index contributed by atoms with van der Waals surface area (Å²) in [5.41, 5.74) is 7.31. The Hall–Kier alpha value is -3.04. The van der Waals surface area contributed by atoms with Crippen LogP contribution in [0.5, 0.6) is 23.0 Å². The molecule has 0 bridgehead atoms. The predicted octanol–water partition coefficient (Wildman–Crippen LogP) is 6.24. The standard InChI is InChI=1S/C23H23NO2/c1-2-3-14-21(24)18-15-16-22(25-19-10-6-4-7-11-19)23(17-18)26-20-12-8-5-9-13-20/h2,4-13,15-17,21H,1,3,14,24H2/t21-/m1/s1. The van der Waals surface area contributed by atoms with Crippen molar-refractivity contribution in [1.82, 2.24) is 0 Å². The highest BCUT2D eigenvalue weighted by Gasteiger charge is 2.13. The van der Waals surface area contributed by atoms with E-state index in [1.165, 1.54) is 0 Å². The average Bonchev–Trinajstić information content (AvgIpc) is 2.69. The van der Waals surface area contributed by atoms with Crippen molar-refractivity contribution in [2.75, 3.05) is 0 Å². The lowest BCUT2D eigenvalue weighted by atomic mass is 10.0. The number of nitrogens with two attached hydrogens (primary N) is 1. The molecule has 2 N–H and O–H groups in total. The number of ether oxygens (including phenoxy) is 2. The van der Waals surface area contributed by atoms with Crippen molar-refractivity contribution >= 4 is 0 Å². The highest BCUT2D eigenvalue weighted by Crippen LogP contribution is 2.37. The van der Waals surface area contributed by atoms with E-state index in [2.05, 4.69) is 6.58 Å². The molecule has 0 radical (unpaired) electrons. The number of para-hydroxylation sites is 2. The number of rotatable bonds is 8. The molecule has 0 aliphatic heterocycles. The van der Waals surface area contributed by atoms with Gasteiger partial charge in [0.1, 0.15) is 11.5 Å². The minimum absolute atomic E-state index is 0.0723. The van der Waals surface area contributed by atoms with E-state index in [1.807, 2.05) is 84.9 Å². The van der Waals surface area contributed by atoms with Crippen LogP contribution in [0, 0.1) is 0 Å². The van der Waals surface area contributed by atoms with Crippen molar-refractivity contribution < 1.29 is 9.47 Å². The lowest BCUT2D eigenvalue weighted by Crippen LogP contribution is -2.10. The molecule has 26 heavy (non-hydrogen) atoms. The van der Waals surface area contributed by atoms with Gasteiger partial charge in [0.25, 0.3) is 0 Å². The van der Waals surface area contributed by atoms with Crippen molar-refractivity contribution in [3.05, 3.63) is 97.1 Å². The van der Waals surface area contributed by atoms with Crippen molar-refractivity contribution in [2.45, 2.75) is 18.9 Å². The molecule has 3 aromatic carbocycles. The Morgan fingerprint density at radius 3 is 1.96 bits per heavy atom. The van der Waals surface area contributed by atoms with Gasteiger partial charge >= 0.3 is 0 Å². The van der Waals surface area contributed by atoms with Crippen LogP contribution < -0.4 is 15.2 Å². The monoisotopic (exact) mass is 345 g/mol. The molecule has 0 aromatic heterocycles. The zero-order valence-electron chi connectivity index (χ0n) is 14.7. The molecular formula is C23H23NO2. The Balaban J connectivity index is 1.90. The third-order valence-corrected chi connectivity index (χ3v) is 4.02. The minimum atomic E-state index is -0.0723. The molecule has 3 heteroatoms. The fourth-order valence-electron chi connectivity index (χ4n) is 2.61. The quantitative estimate of drug-likeness (QED) is 0.492. The molecule has 132 valence electrons. The number of allylic oxidation sites excluding steroid dienone is 1. The molecule has 0 amide bonds. The van der Waals surface area contributed by atoms with Crippen LogP contribution in [0.15, 0.2) is 91.5 Å². The molecule has 0 saturated carbocycles. The highest BCUT2D eigenvalue weighted by molar-refractivity contribution is 5.48. The van der Waals surface area contributed by atoms with Crippen LogP contribution in [-0.4, -0.2) is 0 Å². The van der Waals surface area contributed by atoms with Gasteiger partial charge in [0, 0.05) is 6.04 Å². The van der Waals surface area contributed by atoms with Crippen molar-refractivity contribution in [2.24, 2.45) is 5.73 Å². The Labute approximate surface area is 154 Å². The first-order chi connectivity index (χ1) is 12.8. The number of hydrogen-bond donors (Lipinski definition) is 1. The molecule has 3 nitrogen and oxygen atoms in total. The van der Waals surface area contributed by atoms with Crippen LogP contribution in [0.2, 0.25) is 0 Å². The molecular weight excluding hydrogens is 322 g/mol. The van der Waals surface area contributed by atoms with Gasteiger partial charge in [0.05, 0.1) is 0 Å². The van der Waals surface area contributed by atoms with Gasteiger partial charge in [0.15, 0.2) is 11.5 Å². The van der Waals surface area contributed by atoms with Gasteiger partial charge in [0.2, 0.25) is 0 Å². The Morgan fingerprint density at radius 1 is 0.808 bits per heavy atom. The summed E-state index contributed by atoms with van der Waals surface area (Å²) in [7, 11) is 0. The Bertz CT molecular complexity index is 831. The maximum atomic E-state index is 6.30. The fraction of sp³-hybridized carbons (Fsp3) is 0.130. The summed E-state index contributed by atoms with van der Waals surface area (Å²) < 4.78 is 12.1. The molecule has 3 rings (SSSR count).